The standard InChI is InChI=1S/C30H26O11/c31-14-5-1-12(2-6-14)27-24(37)20(16-9-10-19(33)23(36)29(16)40-27)17-11-18-22(35)25(38)28(13-3-7-15(32)8-4-13)41-30(18)26(39)21(17)34/h1-11,20,22,24-25,27-28,31-39H. The predicted octanol–water partition coefficient (Wildman–Crippen LogP) is 3.07. The van der Waals surface area contributed by atoms with E-state index in [1.165, 1.54) is 66.7 Å². The number of phenolic OH excluding ortho intramolecular Hbond substituents is 6. The van der Waals surface area contributed by atoms with E-state index in [0.29, 0.717) is 11.1 Å². The molecule has 0 amide bonds. The number of fused-ring (bicyclic) bond motifs is 2. The number of benzene rings is 4. The van der Waals surface area contributed by atoms with Gasteiger partial charge in [-0.25, -0.2) is 0 Å². The Morgan fingerprint density at radius 3 is 1.56 bits per heavy atom. The van der Waals surface area contributed by atoms with Crippen LogP contribution in [0.5, 0.6) is 46.0 Å². The summed E-state index contributed by atoms with van der Waals surface area (Å²) in [6, 6.07) is 15.3. The van der Waals surface area contributed by atoms with Gasteiger partial charge in [-0.05, 0) is 47.5 Å². The lowest BCUT2D eigenvalue weighted by atomic mass is 9.78. The molecule has 6 atom stereocenters. The SMILES string of the molecule is Oc1ccc(C2Oc3c(cc(C4c5ccc(O)c(O)c5OC(c5ccc(O)cc5)C4O)c(O)c3O)C(O)C2O)cc1. The van der Waals surface area contributed by atoms with Gasteiger partial charge in [0, 0.05) is 22.6 Å². The van der Waals surface area contributed by atoms with E-state index in [4.69, 9.17) is 9.47 Å². The van der Waals surface area contributed by atoms with Gasteiger partial charge in [0.2, 0.25) is 11.5 Å². The average molecular weight is 563 g/mol. The van der Waals surface area contributed by atoms with E-state index < -0.39 is 59.4 Å². The van der Waals surface area contributed by atoms with Crippen LogP contribution in [0, 0.1) is 0 Å². The molecule has 4 aromatic rings. The minimum absolute atomic E-state index is 0.0228. The minimum atomic E-state index is -1.60. The zero-order valence-corrected chi connectivity index (χ0v) is 21.2. The third-order valence-corrected chi connectivity index (χ3v) is 7.63. The van der Waals surface area contributed by atoms with Crippen molar-refractivity contribution in [3.8, 4) is 46.0 Å². The largest absolute Gasteiger partial charge is 0.508 e. The van der Waals surface area contributed by atoms with Crippen LogP contribution in [0.15, 0.2) is 66.7 Å². The van der Waals surface area contributed by atoms with Gasteiger partial charge in [-0.2, -0.15) is 0 Å². The second-order valence-electron chi connectivity index (χ2n) is 10.1. The Bertz CT molecular complexity index is 1620. The third kappa shape index (κ3) is 4.18. The fourth-order valence-corrected chi connectivity index (χ4v) is 5.52. The minimum Gasteiger partial charge on any atom is -0.508 e. The summed E-state index contributed by atoms with van der Waals surface area (Å²) >= 11 is 0. The Morgan fingerprint density at radius 2 is 1.00 bits per heavy atom. The summed E-state index contributed by atoms with van der Waals surface area (Å²) in [5.74, 6) is -4.25. The molecule has 0 fully saturated rings. The molecule has 11 nitrogen and oxygen atoms in total. The number of aliphatic hydroxyl groups is 3. The van der Waals surface area contributed by atoms with Gasteiger partial charge >= 0.3 is 0 Å². The number of hydrogen-bond donors (Lipinski definition) is 9. The van der Waals surface area contributed by atoms with Crippen LogP contribution < -0.4 is 9.47 Å². The molecule has 2 aliphatic heterocycles. The highest BCUT2D eigenvalue weighted by Crippen LogP contribution is 2.57. The van der Waals surface area contributed by atoms with Gasteiger partial charge in [-0.1, -0.05) is 30.3 Å². The maximum atomic E-state index is 11.6. The van der Waals surface area contributed by atoms with E-state index in [1.807, 2.05) is 0 Å². The number of aromatic hydroxyl groups is 6. The lowest BCUT2D eigenvalue weighted by Crippen LogP contribution is -2.36. The first kappa shape index (κ1) is 26.4. The van der Waals surface area contributed by atoms with E-state index in [2.05, 4.69) is 0 Å². The Kier molecular flexibility index (Phi) is 6.22. The van der Waals surface area contributed by atoms with Crippen molar-refractivity contribution < 1.29 is 55.4 Å². The monoisotopic (exact) mass is 562 g/mol. The zero-order valence-electron chi connectivity index (χ0n) is 21.2. The molecule has 0 spiro atoms. The van der Waals surface area contributed by atoms with E-state index >= 15 is 0 Å². The van der Waals surface area contributed by atoms with Gasteiger partial charge in [0.1, 0.15) is 29.8 Å². The van der Waals surface area contributed by atoms with Gasteiger partial charge in [-0.15, -0.1) is 0 Å². The Morgan fingerprint density at radius 1 is 0.488 bits per heavy atom. The maximum Gasteiger partial charge on any atom is 0.201 e. The molecule has 0 bridgehead atoms. The maximum absolute atomic E-state index is 11.6. The molecule has 9 N–H and O–H groups in total. The molecule has 0 saturated heterocycles. The van der Waals surface area contributed by atoms with Gasteiger partial charge in [0.15, 0.2) is 35.2 Å². The second-order valence-corrected chi connectivity index (χ2v) is 10.1. The first-order valence-electron chi connectivity index (χ1n) is 12.7. The quantitative estimate of drug-likeness (QED) is 0.166. The Labute approximate surface area is 232 Å². The molecule has 6 unspecified atom stereocenters. The average Bonchev–Trinajstić information content (AvgIpc) is 2.96. The summed E-state index contributed by atoms with van der Waals surface area (Å²) in [5, 5.41) is 96.0. The number of phenols is 6. The number of aliphatic hydroxyl groups excluding tert-OH is 3. The summed E-state index contributed by atoms with van der Waals surface area (Å²) < 4.78 is 11.7. The Balaban J connectivity index is 1.49. The third-order valence-electron chi connectivity index (χ3n) is 7.63. The molecule has 11 heteroatoms. The van der Waals surface area contributed by atoms with Crippen LogP contribution in [0.4, 0.5) is 0 Å². The molecule has 6 rings (SSSR count). The predicted molar refractivity (Wildman–Crippen MR) is 141 cm³/mol. The first-order valence-corrected chi connectivity index (χ1v) is 12.7. The van der Waals surface area contributed by atoms with E-state index in [1.54, 1.807) is 0 Å². The van der Waals surface area contributed by atoms with E-state index in [0.717, 1.165) is 0 Å². The van der Waals surface area contributed by atoms with Gasteiger partial charge in [-0.3, -0.25) is 0 Å². The molecule has 4 aromatic carbocycles. The molecule has 212 valence electrons. The smallest absolute Gasteiger partial charge is 0.201 e. The normalized spacial score (nSPS) is 25.0. The molecule has 0 radical (unpaired) electrons. The van der Waals surface area contributed by atoms with Crippen LogP contribution in [0.2, 0.25) is 0 Å². The van der Waals surface area contributed by atoms with Crippen LogP contribution >= 0.6 is 0 Å². The number of hydrogen-bond acceptors (Lipinski definition) is 11. The van der Waals surface area contributed by atoms with Crippen molar-refractivity contribution in [2.75, 3.05) is 0 Å². The molecular weight excluding hydrogens is 536 g/mol. The van der Waals surface area contributed by atoms with Gasteiger partial charge in [0.05, 0.1) is 0 Å². The van der Waals surface area contributed by atoms with Crippen molar-refractivity contribution >= 4 is 0 Å². The summed E-state index contributed by atoms with van der Waals surface area (Å²) in [4.78, 5) is 0. The highest BCUT2D eigenvalue weighted by atomic mass is 16.5. The van der Waals surface area contributed by atoms with Crippen LogP contribution in [-0.4, -0.2) is 58.2 Å². The highest BCUT2D eigenvalue weighted by molar-refractivity contribution is 5.65. The summed E-state index contributed by atoms with van der Waals surface area (Å²) in [7, 11) is 0. The first-order chi connectivity index (χ1) is 19.6. The van der Waals surface area contributed by atoms with Gasteiger partial charge in [0.25, 0.3) is 0 Å². The fourth-order valence-electron chi connectivity index (χ4n) is 5.52. The lowest BCUT2D eigenvalue weighted by Gasteiger charge is -2.39. The molecular formula is C30H26O11. The summed E-state index contributed by atoms with van der Waals surface area (Å²) in [6.45, 7) is 0. The molecule has 41 heavy (non-hydrogen) atoms. The summed E-state index contributed by atoms with van der Waals surface area (Å²) in [5.41, 5.74) is 0.799. The van der Waals surface area contributed by atoms with Crippen LogP contribution in [-0.2, 0) is 0 Å². The number of rotatable bonds is 3. The lowest BCUT2D eigenvalue weighted by molar-refractivity contribution is -0.0711. The van der Waals surface area contributed by atoms with Crippen LogP contribution in [0.25, 0.3) is 0 Å². The zero-order chi connectivity index (χ0) is 29.2. The molecule has 0 aromatic heterocycles. The number of ether oxygens (including phenoxy) is 2. The molecule has 2 heterocycles. The second kappa shape index (κ2) is 9.66. The molecule has 0 saturated carbocycles. The van der Waals surface area contributed by atoms with Crippen molar-refractivity contribution in [2.24, 2.45) is 0 Å². The van der Waals surface area contributed by atoms with Crippen molar-refractivity contribution in [1.82, 2.24) is 0 Å². The van der Waals surface area contributed by atoms with Crippen molar-refractivity contribution in [1.29, 1.82) is 0 Å². The van der Waals surface area contributed by atoms with Crippen LogP contribution in [0.1, 0.15) is 52.0 Å². The van der Waals surface area contributed by atoms with Crippen molar-refractivity contribution in [2.45, 2.75) is 36.4 Å². The Hall–Kier alpha value is -4.84. The van der Waals surface area contributed by atoms with Gasteiger partial charge < -0.3 is 55.4 Å². The van der Waals surface area contributed by atoms with Crippen molar-refractivity contribution in [3.63, 3.8) is 0 Å². The fraction of sp³-hybridized carbons (Fsp3) is 0.200. The van der Waals surface area contributed by atoms with E-state index in [-0.39, 0.29) is 39.7 Å². The highest BCUT2D eigenvalue weighted by Gasteiger charge is 2.45. The molecule has 2 aliphatic rings. The van der Waals surface area contributed by atoms with Crippen LogP contribution in [0.3, 0.4) is 0 Å². The topological polar surface area (TPSA) is 201 Å². The summed E-state index contributed by atoms with van der Waals surface area (Å²) in [6.07, 6.45) is -6.87. The van der Waals surface area contributed by atoms with E-state index in [9.17, 15) is 46.0 Å². The van der Waals surface area contributed by atoms with Crippen molar-refractivity contribution in [3.05, 3.63) is 94.5 Å². The molecule has 0 aliphatic carbocycles.